The molecule has 0 radical (unpaired) electrons. The fraction of sp³-hybridized carbons (Fsp3) is 0.684. The summed E-state index contributed by atoms with van der Waals surface area (Å²) < 4.78 is 10.7. The fourth-order valence-corrected chi connectivity index (χ4v) is 5.65. The van der Waals surface area contributed by atoms with E-state index in [1.54, 1.807) is 19.9 Å². The van der Waals surface area contributed by atoms with Crippen LogP contribution in [0.1, 0.15) is 60.4 Å². The van der Waals surface area contributed by atoms with Crippen LogP contribution < -0.4 is 0 Å². The van der Waals surface area contributed by atoms with Crippen molar-refractivity contribution in [2.75, 3.05) is 6.61 Å². The zero-order valence-corrected chi connectivity index (χ0v) is 13.9. The minimum absolute atomic E-state index is 0.0886. The van der Waals surface area contributed by atoms with Crippen molar-refractivity contribution in [3.05, 3.63) is 23.2 Å². The first-order chi connectivity index (χ1) is 10.9. The molecule has 4 saturated carbocycles. The van der Waals surface area contributed by atoms with Crippen LogP contribution in [0.2, 0.25) is 0 Å². The Labute approximate surface area is 136 Å². The lowest BCUT2D eigenvalue weighted by molar-refractivity contribution is -0.147. The molecule has 0 amide bonds. The van der Waals surface area contributed by atoms with Crippen molar-refractivity contribution < 1.29 is 18.7 Å². The number of hydrogen-bond donors (Lipinski definition) is 0. The van der Waals surface area contributed by atoms with E-state index in [4.69, 9.17) is 9.15 Å². The van der Waals surface area contributed by atoms with Gasteiger partial charge in [0.15, 0.2) is 12.4 Å². The first-order valence-corrected chi connectivity index (χ1v) is 8.73. The van der Waals surface area contributed by atoms with Crippen LogP contribution in [0, 0.1) is 37.0 Å². The monoisotopic (exact) mass is 316 g/mol. The number of Topliss-reactive ketones (excluding diaryl/α,β-unsaturated/α-hetero) is 1. The first-order valence-electron chi connectivity index (χ1n) is 8.73. The third-order valence-electron chi connectivity index (χ3n) is 6.22. The van der Waals surface area contributed by atoms with Gasteiger partial charge < -0.3 is 9.15 Å². The molecule has 5 rings (SSSR count). The maximum atomic E-state index is 12.8. The van der Waals surface area contributed by atoms with Gasteiger partial charge in [-0.25, -0.2) is 4.79 Å². The molecule has 0 saturated heterocycles. The van der Waals surface area contributed by atoms with Gasteiger partial charge in [-0.1, -0.05) is 0 Å². The van der Waals surface area contributed by atoms with Gasteiger partial charge in [-0.3, -0.25) is 4.79 Å². The smallest absolute Gasteiger partial charge is 0.342 e. The van der Waals surface area contributed by atoms with Gasteiger partial charge in [0.25, 0.3) is 0 Å². The van der Waals surface area contributed by atoms with Crippen LogP contribution in [-0.4, -0.2) is 18.4 Å². The minimum atomic E-state index is -0.447. The molecule has 1 aromatic rings. The Balaban J connectivity index is 1.42. The normalized spacial score (nSPS) is 34.6. The van der Waals surface area contributed by atoms with Crippen molar-refractivity contribution in [1.82, 2.24) is 0 Å². The van der Waals surface area contributed by atoms with E-state index in [0.717, 1.165) is 37.0 Å². The lowest BCUT2D eigenvalue weighted by atomic mass is 9.48. The SMILES string of the molecule is Cc1cc(C(=O)OCC(=O)C23CC4CC(CC(C4)C2)C3)c(C)o1. The molecule has 23 heavy (non-hydrogen) atoms. The molecule has 0 aromatic carbocycles. The van der Waals surface area contributed by atoms with Gasteiger partial charge in [-0.05, 0) is 76.2 Å². The summed E-state index contributed by atoms with van der Waals surface area (Å²) in [6.45, 7) is 3.45. The second kappa shape index (κ2) is 5.22. The molecular weight excluding hydrogens is 292 g/mol. The summed E-state index contributed by atoms with van der Waals surface area (Å²) in [5, 5.41) is 0. The van der Waals surface area contributed by atoms with Crippen LogP contribution in [0.4, 0.5) is 0 Å². The largest absolute Gasteiger partial charge is 0.466 e. The lowest BCUT2D eigenvalue weighted by Gasteiger charge is -2.55. The molecule has 124 valence electrons. The zero-order chi connectivity index (χ0) is 16.2. The van der Waals surface area contributed by atoms with Crippen molar-refractivity contribution in [2.45, 2.75) is 52.4 Å². The molecular formula is C19H24O4. The average Bonchev–Trinajstić information content (AvgIpc) is 2.81. The quantitative estimate of drug-likeness (QED) is 0.792. The molecule has 0 unspecified atom stereocenters. The van der Waals surface area contributed by atoms with Gasteiger partial charge in [0.05, 0.1) is 0 Å². The molecule has 4 bridgehead atoms. The molecule has 0 aliphatic heterocycles. The second-order valence-corrected chi connectivity index (χ2v) is 8.02. The van der Waals surface area contributed by atoms with E-state index < -0.39 is 5.97 Å². The third-order valence-corrected chi connectivity index (χ3v) is 6.22. The van der Waals surface area contributed by atoms with E-state index in [2.05, 4.69) is 0 Å². The van der Waals surface area contributed by atoms with Gasteiger partial charge in [0.2, 0.25) is 0 Å². The summed E-state index contributed by atoms with van der Waals surface area (Å²) in [6.07, 6.45) is 6.96. The Bertz CT molecular complexity index is 619. The molecule has 4 aliphatic rings. The molecule has 0 spiro atoms. The van der Waals surface area contributed by atoms with Crippen LogP contribution in [0.15, 0.2) is 10.5 Å². The Hall–Kier alpha value is -1.58. The Morgan fingerprint density at radius 1 is 1.13 bits per heavy atom. The predicted octanol–water partition coefficient (Wildman–Crippen LogP) is 3.84. The van der Waals surface area contributed by atoms with E-state index in [0.29, 0.717) is 17.1 Å². The zero-order valence-electron chi connectivity index (χ0n) is 13.9. The van der Waals surface area contributed by atoms with Crippen LogP contribution in [0.5, 0.6) is 0 Å². The van der Waals surface area contributed by atoms with Crippen LogP contribution in [0.25, 0.3) is 0 Å². The number of hydrogen-bond acceptors (Lipinski definition) is 4. The number of carbonyl (C=O) groups is 2. The summed E-state index contributed by atoms with van der Waals surface area (Å²) in [4.78, 5) is 25.0. The summed E-state index contributed by atoms with van der Waals surface area (Å²) >= 11 is 0. The van der Waals surface area contributed by atoms with Gasteiger partial charge in [0, 0.05) is 5.41 Å². The van der Waals surface area contributed by atoms with Crippen molar-refractivity contribution in [1.29, 1.82) is 0 Å². The van der Waals surface area contributed by atoms with Crippen molar-refractivity contribution >= 4 is 11.8 Å². The fourth-order valence-electron chi connectivity index (χ4n) is 5.65. The van der Waals surface area contributed by atoms with E-state index in [1.807, 2.05) is 0 Å². The third kappa shape index (κ3) is 2.52. The highest BCUT2D eigenvalue weighted by Crippen LogP contribution is 2.60. The van der Waals surface area contributed by atoms with Gasteiger partial charge in [-0.2, -0.15) is 0 Å². The number of esters is 1. The van der Waals surface area contributed by atoms with Gasteiger partial charge in [-0.15, -0.1) is 0 Å². The van der Waals surface area contributed by atoms with Crippen LogP contribution in [0.3, 0.4) is 0 Å². The molecule has 4 heteroatoms. The van der Waals surface area contributed by atoms with Gasteiger partial charge in [0.1, 0.15) is 17.1 Å². The standard InChI is InChI=1S/C19H24O4/c1-11-3-16(12(2)23-11)18(21)22-10-17(20)19-7-13-4-14(8-19)6-15(5-13)9-19/h3,13-15H,4-10H2,1-2H3. The summed E-state index contributed by atoms with van der Waals surface area (Å²) in [5.41, 5.74) is 0.233. The Kier molecular flexibility index (Phi) is 3.40. The topological polar surface area (TPSA) is 56.5 Å². The molecule has 0 N–H and O–H groups in total. The number of carbonyl (C=O) groups excluding carboxylic acids is 2. The summed E-state index contributed by atoms with van der Waals surface area (Å²) in [6, 6.07) is 1.67. The molecule has 4 fully saturated rings. The Morgan fingerprint density at radius 3 is 2.17 bits per heavy atom. The maximum Gasteiger partial charge on any atom is 0.342 e. The van der Waals surface area contributed by atoms with Crippen molar-refractivity contribution in [2.24, 2.45) is 23.2 Å². The number of furan rings is 1. The Morgan fingerprint density at radius 2 is 1.70 bits per heavy atom. The van der Waals surface area contributed by atoms with Crippen molar-refractivity contribution in [3.8, 4) is 0 Å². The van der Waals surface area contributed by atoms with Gasteiger partial charge >= 0.3 is 5.97 Å². The second-order valence-electron chi connectivity index (χ2n) is 8.02. The number of ether oxygens (including phenoxy) is 1. The highest BCUT2D eigenvalue weighted by Gasteiger charge is 2.54. The highest BCUT2D eigenvalue weighted by molar-refractivity contribution is 5.94. The first kappa shape index (κ1) is 15.0. The van der Waals surface area contributed by atoms with Crippen LogP contribution >= 0.6 is 0 Å². The lowest BCUT2D eigenvalue weighted by Crippen LogP contribution is -2.51. The van der Waals surface area contributed by atoms with E-state index in [1.165, 1.54) is 19.3 Å². The predicted molar refractivity (Wildman–Crippen MR) is 84.1 cm³/mol. The molecule has 4 aliphatic carbocycles. The molecule has 1 heterocycles. The van der Waals surface area contributed by atoms with Crippen molar-refractivity contribution in [3.63, 3.8) is 0 Å². The maximum absolute atomic E-state index is 12.8. The number of aryl methyl sites for hydroxylation is 2. The summed E-state index contributed by atoms with van der Waals surface area (Å²) in [7, 11) is 0. The average molecular weight is 316 g/mol. The molecule has 4 nitrogen and oxygen atoms in total. The van der Waals surface area contributed by atoms with Crippen LogP contribution in [-0.2, 0) is 9.53 Å². The van der Waals surface area contributed by atoms with E-state index >= 15 is 0 Å². The highest BCUT2D eigenvalue weighted by atomic mass is 16.5. The number of rotatable bonds is 4. The molecule has 1 aromatic heterocycles. The van der Waals surface area contributed by atoms with E-state index in [9.17, 15) is 9.59 Å². The minimum Gasteiger partial charge on any atom is -0.466 e. The number of ketones is 1. The molecule has 0 atom stereocenters. The summed E-state index contributed by atoms with van der Waals surface area (Å²) in [5.74, 6) is 3.09. The van der Waals surface area contributed by atoms with E-state index in [-0.39, 0.29) is 17.8 Å².